The first-order valence-electron chi connectivity index (χ1n) is 13.1. The van der Waals surface area contributed by atoms with E-state index in [4.69, 9.17) is 25.5 Å². The third-order valence-corrected chi connectivity index (χ3v) is 7.01. The number of rotatable bonds is 9. The second-order valence-corrected chi connectivity index (χ2v) is 10.2. The van der Waals surface area contributed by atoms with Crippen LogP contribution in [-0.2, 0) is 28.7 Å². The van der Waals surface area contributed by atoms with E-state index in [2.05, 4.69) is 5.32 Å². The molecular weight excluding hydrogens is 583 g/mol. The van der Waals surface area contributed by atoms with Crippen LogP contribution < -0.4 is 10.1 Å². The molecule has 220 valence electrons. The van der Waals surface area contributed by atoms with Crippen LogP contribution in [0.1, 0.15) is 27.2 Å². The van der Waals surface area contributed by atoms with Crippen LogP contribution in [0.5, 0.6) is 5.75 Å². The number of alkyl halides is 3. The molecule has 6 nitrogen and oxygen atoms in total. The fourth-order valence-corrected chi connectivity index (χ4v) is 4.58. The van der Waals surface area contributed by atoms with Crippen molar-refractivity contribution in [3.05, 3.63) is 125 Å². The second-order valence-electron chi connectivity index (χ2n) is 9.75. The Morgan fingerprint density at radius 2 is 1.51 bits per heavy atom. The molecule has 0 aliphatic rings. The molecular formula is C33H25ClF3NO5. The zero-order chi connectivity index (χ0) is 30.6. The fourth-order valence-electron chi connectivity index (χ4n) is 4.46. The molecule has 1 amide bonds. The number of amides is 1. The molecule has 0 fully saturated rings. The van der Waals surface area contributed by atoms with Crippen LogP contribution >= 0.6 is 11.6 Å². The predicted octanol–water partition coefficient (Wildman–Crippen LogP) is 7.87. The van der Waals surface area contributed by atoms with E-state index in [1.807, 2.05) is 24.3 Å². The number of benzene rings is 4. The van der Waals surface area contributed by atoms with Gasteiger partial charge in [-0.05, 0) is 76.9 Å². The zero-order valence-electron chi connectivity index (χ0n) is 22.8. The summed E-state index contributed by atoms with van der Waals surface area (Å²) in [5, 5.41) is 4.04. The minimum absolute atomic E-state index is 0.0455. The first-order chi connectivity index (χ1) is 20.6. The van der Waals surface area contributed by atoms with Gasteiger partial charge < -0.3 is 19.2 Å². The summed E-state index contributed by atoms with van der Waals surface area (Å²) in [6.07, 6.45) is -4.26. The third-order valence-electron chi connectivity index (χ3n) is 6.76. The summed E-state index contributed by atoms with van der Waals surface area (Å²) in [6.45, 7) is 0.0804. The number of ether oxygens (including phenoxy) is 2. The van der Waals surface area contributed by atoms with Gasteiger partial charge in [-0.25, -0.2) is 4.79 Å². The van der Waals surface area contributed by atoms with Crippen molar-refractivity contribution in [2.75, 3.05) is 7.11 Å². The highest BCUT2D eigenvalue weighted by Gasteiger charge is 2.30. The average molecular weight is 608 g/mol. The largest absolute Gasteiger partial charge is 0.489 e. The van der Waals surface area contributed by atoms with Crippen molar-refractivity contribution in [3.8, 4) is 16.9 Å². The van der Waals surface area contributed by atoms with Gasteiger partial charge in [0.1, 0.15) is 24.0 Å². The number of carbonyl (C=O) groups is 2. The van der Waals surface area contributed by atoms with Crippen LogP contribution in [0.3, 0.4) is 0 Å². The molecule has 0 saturated heterocycles. The molecule has 0 radical (unpaired) electrons. The summed E-state index contributed by atoms with van der Waals surface area (Å²) >= 11 is 5.99. The average Bonchev–Trinajstić information content (AvgIpc) is 3.44. The minimum atomic E-state index is -4.40. The summed E-state index contributed by atoms with van der Waals surface area (Å²) in [4.78, 5) is 25.6. The highest BCUT2D eigenvalue weighted by molar-refractivity contribution is 6.30. The summed E-state index contributed by atoms with van der Waals surface area (Å²) in [6, 6.07) is 25.1. The van der Waals surface area contributed by atoms with Gasteiger partial charge in [0.15, 0.2) is 5.76 Å². The van der Waals surface area contributed by atoms with Gasteiger partial charge in [-0.15, -0.1) is 0 Å². The lowest BCUT2D eigenvalue weighted by Crippen LogP contribution is -2.42. The van der Waals surface area contributed by atoms with Crippen molar-refractivity contribution in [3.63, 3.8) is 0 Å². The Morgan fingerprint density at radius 3 is 2.16 bits per heavy atom. The molecule has 5 aromatic rings. The Bertz CT molecular complexity index is 1730. The van der Waals surface area contributed by atoms with Gasteiger partial charge in [-0.3, -0.25) is 4.79 Å². The predicted molar refractivity (Wildman–Crippen MR) is 156 cm³/mol. The lowest BCUT2D eigenvalue weighted by molar-refractivity contribution is -0.143. The quantitative estimate of drug-likeness (QED) is 0.173. The number of esters is 1. The molecule has 1 atom stereocenters. The molecule has 0 bridgehead atoms. The fraction of sp³-hybridized carbons (Fsp3) is 0.152. The second kappa shape index (κ2) is 12.6. The van der Waals surface area contributed by atoms with Crippen LogP contribution in [-0.4, -0.2) is 25.0 Å². The summed E-state index contributed by atoms with van der Waals surface area (Å²) in [7, 11) is 1.24. The van der Waals surface area contributed by atoms with E-state index in [1.54, 1.807) is 48.5 Å². The van der Waals surface area contributed by atoms with Crippen LogP contribution in [0.15, 0.2) is 101 Å². The summed E-state index contributed by atoms with van der Waals surface area (Å²) in [5.74, 6) is -0.667. The molecule has 0 aliphatic carbocycles. The Kier molecular flexibility index (Phi) is 8.73. The van der Waals surface area contributed by atoms with Gasteiger partial charge in [-0.2, -0.15) is 13.2 Å². The van der Waals surface area contributed by atoms with E-state index in [0.717, 1.165) is 34.2 Å². The maximum absolute atomic E-state index is 13.1. The highest BCUT2D eigenvalue weighted by Crippen LogP contribution is 2.30. The first kappa shape index (κ1) is 29.7. The molecule has 1 heterocycles. The van der Waals surface area contributed by atoms with E-state index in [-0.39, 0.29) is 18.8 Å². The SMILES string of the molecule is COC(=O)[C@H](Cc1ccc(OCc2ccc(C(F)(F)F)cc2)cc1)NC(=O)c1cc2cc(-c3ccc(Cl)cc3)ccc2o1. The highest BCUT2D eigenvalue weighted by atomic mass is 35.5. The molecule has 0 unspecified atom stereocenters. The Labute approximate surface area is 250 Å². The van der Waals surface area contributed by atoms with Gasteiger partial charge in [-0.1, -0.05) is 54.1 Å². The molecule has 1 N–H and O–H groups in total. The van der Waals surface area contributed by atoms with Crippen molar-refractivity contribution in [1.82, 2.24) is 5.32 Å². The number of nitrogens with one attached hydrogen (secondary N) is 1. The lowest BCUT2D eigenvalue weighted by atomic mass is 10.0. The van der Waals surface area contributed by atoms with Crippen LogP contribution in [0.25, 0.3) is 22.1 Å². The molecule has 0 spiro atoms. The summed E-state index contributed by atoms with van der Waals surface area (Å²) < 4.78 is 54.6. The van der Waals surface area contributed by atoms with Crippen LogP contribution in [0.4, 0.5) is 13.2 Å². The number of carbonyl (C=O) groups excluding carboxylic acids is 2. The lowest BCUT2D eigenvalue weighted by Gasteiger charge is -2.16. The Hall–Kier alpha value is -4.76. The molecule has 5 rings (SSSR count). The van der Waals surface area contributed by atoms with E-state index in [0.29, 0.717) is 21.9 Å². The minimum Gasteiger partial charge on any atom is -0.489 e. The number of methoxy groups -OCH3 is 1. The third kappa shape index (κ3) is 7.37. The van der Waals surface area contributed by atoms with Gasteiger partial charge in [0.2, 0.25) is 0 Å². The van der Waals surface area contributed by atoms with Crippen molar-refractivity contribution in [2.45, 2.75) is 25.2 Å². The molecule has 43 heavy (non-hydrogen) atoms. The molecule has 0 saturated carbocycles. The normalized spacial score (nSPS) is 12.1. The zero-order valence-corrected chi connectivity index (χ0v) is 23.5. The maximum Gasteiger partial charge on any atom is 0.416 e. The molecule has 10 heteroatoms. The number of furan rings is 1. The number of hydrogen-bond donors (Lipinski definition) is 1. The van der Waals surface area contributed by atoms with E-state index >= 15 is 0 Å². The smallest absolute Gasteiger partial charge is 0.416 e. The number of fused-ring (bicyclic) bond motifs is 1. The van der Waals surface area contributed by atoms with Crippen molar-refractivity contribution in [1.29, 1.82) is 0 Å². The van der Waals surface area contributed by atoms with Crippen molar-refractivity contribution < 1.29 is 36.7 Å². The Balaban J connectivity index is 1.22. The molecule has 1 aromatic heterocycles. The van der Waals surface area contributed by atoms with Gasteiger partial charge in [0.05, 0.1) is 12.7 Å². The van der Waals surface area contributed by atoms with E-state index in [9.17, 15) is 22.8 Å². The first-order valence-corrected chi connectivity index (χ1v) is 13.5. The van der Waals surface area contributed by atoms with Gasteiger partial charge in [0.25, 0.3) is 5.91 Å². The standard InChI is InChI=1S/C33H25ClF3NO5/c1-41-32(40)28(16-20-4-13-27(14-5-20)42-19-21-2-9-25(10-3-21)33(35,36)37)38-31(39)30-18-24-17-23(8-15-29(24)43-30)22-6-11-26(34)12-7-22/h2-15,17-18,28H,16,19H2,1H3,(H,38,39)/t28-/m0/s1. The van der Waals surface area contributed by atoms with E-state index < -0.39 is 29.7 Å². The van der Waals surface area contributed by atoms with Crippen molar-refractivity contribution >= 4 is 34.4 Å². The topological polar surface area (TPSA) is 77.8 Å². The number of hydrogen-bond acceptors (Lipinski definition) is 5. The van der Waals surface area contributed by atoms with Crippen LogP contribution in [0.2, 0.25) is 5.02 Å². The van der Waals surface area contributed by atoms with Gasteiger partial charge >= 0.3 is 12.1 Å². The monoisotopic (exact) mass is 607 g/mol. The van der Waals surface area contributed by atoms with Gasteiger partial charge in [0, 0.05) is 16.8 Å². The molecule has 0 aliphatic heterocycles. The number of halogens is 4. The summed E-state index contributed by atoms with van der Waals surface area (Å²) in [5.41, 5.74) is 2.98. The Morgan fingerprint density at radius 1 is 0.860 bits per heavy atom. The van der Waals surface area contributed by atoms with Crippen LogP contribution in [0, 0.1) is 0 Å². The molecule has 4 aromatic carbocycles. The van der Waals surface area contributed by atoms with E-state index in [1.165, 1.54) is 19.2 Å². The maximum atomic E-state index is 13.1. The van der Waals surface area contributed by atoms with Crippen molar-refractivity contribution in [2.24, 2.45) is 0 Å².